The SMILES string of the molecule is Cc1ccc(S(=O)(=O)N(C)c2ccc(OCC(=O)Nc3ccc(F)cc3F)cc2)cc1. The summed E-state index contributed by atoms with van der Waals surface area (Å²) in [5.41, 5.74) is 1.20. The van der Waals surface area contributed by atoms with Crippen molar-refractivity contribution in [2.45, 2.75) is 11.8 Å². The van der Waals surface area contributed by atoms with Crippen LogP contribution < -0.4 is 14.4 Å². The molecule has 0 spiro atoms. The Morgan fingerprint density at radius 2 is 1.65 bits per heavy atom. The highest BCUT2D eigenvalue weighted by Gasteiger charge is 2.21. The Hall–Kier alpha value is -3.46. The first-order valence-corrected chi connectivity index (χ1v) is 10.6. The lowest BCUT2D eigenvalue weighted by Gasteiger charge is -2.20. The monoisotopic (exact) mass is 446 g/mol. The maximum absolute atomic E-state index is 13.6. The Morgan fingerprint density at radius 1 is 1.00 bits per heavy atom. The molecule has 6 nitrogen and oxygen atoms in total. The van der Waals surface area contributed by atoms with Gasteiger partial charge in [0.2, 0.25) is 0 Å². The van der Waals surface area contributed by atoms with E-state index in [1.807, 2.05) is 6.92 Å². The molecule has 0 bridgehead atoms. The van der Waals surface area contributed by atoms with E-state index in [2.05, 4.69) is 5.32 Å². The first kappa shape index (κ1) is 22.2. The molecule has 3 aromatic rings. The minimum atomic E-state index is -3.72. The van der Waals surface area contributed by atoms with E-state index in [-0.39, 0.29) is 10.6 Å². The summed E-state index contributed by atoms with van der Waals surface area (Å²) in [4.78, 5) is 12.1. The Kier molecular flexibility index (Phi) is 6.55. The highest BCUT2D eigenvalue weighted by Crippen LogP contribution is 2.24. The molecule has 1 N–H and O–H groups in total. The number of nitrogens with zero attached hydrogens (tertiary/aromatic N) is 1. The Labute approximate surface area is 179 Å². The topological polar surface area (TPSA) is 75.7 Å². The Morgan fingerprint density at radius 3 is 2.26 bits per heavy atom. The summed E-state index contributed by atoms with van der Waals surface area (Å²) >= 11 is 0. The van der Waals surface area contributed by atoms with Crippen LogP contribution in [0, 0.1) is 18.6 Å². The first-order chi connectivity index (χ1) is 14.7. The number of carbonyl (C=O) groups is 1. The summed E-state index contributed by atoms with van der Waals surface area (Å²) in [6.45, 7) is 1.46. The second kappa shape index (κ2) is 9.13. The van der Waals surface area contributed by atoms with Crippen LogP contribution in [0.25, 0.3) is 0 Å². The molecule has 0 saturated heterocycles. The number of hydrogen-bond acceptors (Lipinski definition) is 4. The summed E-state index contributed by atoms with van der Waals surface area (Å²) in [6, 6.07) is 15.4. The number of sulfonamides is 1. The number of rotatable bonds is 7. The largest absolute Gasteiger partial charge is 0.484 e. The Balaban J connectivity index is 1.62. The molecule has 3 aromatic carbocycles. The molecule has 9 heteroatoms. The summed E-state index contributed by atoms with van der Waals surface area (Å²) < 4.78 is 58.5. The molecular weight excluding hydrogens is 426 g/mol. The van der Waals surface area contributed by atoms with Gasteiger partial charge in [-0.15, -0.1) is 0 Å². The molecule has 0 atom stereocenters. The fraction of sp³-hybridized carbons (Fsp3) is 0.136. The third-order valence-corrected chi connectivity index (χ3v) is 6.25. The molecule has 0 unspecified atom stereocenters. The van der Waals surface area contributed by atoms with E-state index in [0.717, 1.165) is 22.0 Å². The molecular formula is C22H20F2N2O4S. The lowest BCUT2D eigenvalue weighted by Crippen LogP contribution is -2.26. The molecule has 0 aromatic heterocycles. The third-order valence-electron chi connectivity index (χ3n) is 4.45. The van der Waals surface area contributed by atoms with Crippen molar-refractivity contribution < 1.29 is 26.7 Å². The molecule has 1 amide bonds. The number of nitrogens with one attached hydrogen (secondary N) is 1. The predicted molar refractivity (Wildman–Crippen MR) is 114 cm³/mol. The van der Waals surface area contributed by atoms with Crippen molar-refractivity contribution in [3.8, 4) is 5.75 Å². The van der Waals surface area contributed by atoms with Crippen molar-refractivity contribution in [2.75, 3.05) is 23.3 Å². The average Bonchev–Trinajstić information content (AvgIpc) is 2.74. The fourth-order valence-corrected chi connectivity index (χ4v) is 3.88. The molecule has 3 rings (SSSR count). The van der Waals surface area contributed by atoms with Crippen molar-refractivity contribution in [3.63, 3.8) is 0 Å². The predicted octanol–water partition coefficient (Wildman–Crippen LogP) is 4.12. The van der Waals surface area contributed by atoms with Crippen LogP contribution in [0.5, 0.6) is 5.75 Å². The maximum Gasteiger partial charge on any atom is 0.264 e. The molecule has 0 heterocycles. The van der Waals surface area contributed by atoms with Crippen LogP contribution in [0.15, 0.2) is 71.6 Å². The molecule has 0 aliphatic rings. The average molecular weight is 446 g/mol. The number of ether oxygens (including phenoxy) is 1. The van der Waals surface area contributed by atoms with Crippen LogP contribution in [-0.2, 0) is 14.8 Å². The van der Waals surface area contributed by atoms with E-state index in [0.29, 0.717) is 17.5 Å². The molecule has 0 aliphatic heterocycles. The van der Waals surface area contributed by atoms with Gasteiger partial charge in [0.1, 0.15) is 17.4 Å². The van der Waals surface area contributed by atoms with Gasteiger partial charge in [-0.05, 0) is 55.5 Å². The smallest absolute Gasteiger partial charge is 0.264 e. The lowest BCUT2D eigenvalue weighted by molar-refractivity contribution is -0.118. The molecule has 31 heavy (non-hydrogen) atoms. The van der Waals surface area contributed by atoms with Gasteiger partial charge in [-0.1, -0.05) is 17.7 Å². The second-order valence-corrected chi connectivity index (χ2v) is 8.71. The number of carbonyl (C=O) groups excluding carboxylic acids is 1. The summed E-state index contributed by atoms with van der Waals surface area (Å²) in [6.07, 6.45) is 0. The highest BCUT2D eigenvalue weighted by atomic mass is 32.2. The van der Waals surface area contributed by atoms with E-state index in [1.54, 1.807) is 36.4 Å². The van der Waals surface area contributed by atoms with E-state index >= 15 is 0 Å². The van der Waals surface area contributed by atoms with E-state index < -0.39 is 34.2 Å². The highest BCUT2D eigenvalue weighted by molar-refractivity contribution is 7.92. The van der Waals surface area contributed by atoms with E-state index in [1.165, 1.54) is 19.2 Å². The third kappa shape index (κ3) is 5.37. The van der Waals surface area contributed by atoms with Gasteiger partial charge < -0.3 is 10.1 Å². The van der Waals surface area contributed by atoms with Crippen molar-refractivity contribution in [1.29, 1.82) is 0 Å². The van der Waals surface area contributed by atoms with Crippen molar-refractivity contribution >= 4 is 27.3 Å². The summed E-state index contributed by atoms with van der Waals surface area (Å²) in [5, 5.41) is 2.29. The van der Waals surface area contributed by atoms with Crippen LogP contribution in [0.2, 0.25) is 0 Å². The van der Waals surface area contributed by atoms with Gasteiger partial charge in [-0.3, -0.25) is 9.10 Å². The van der Waals surface area contributed by atoms with Gasteiger partial charge in [0, 0.05) is 13.1 Å². The maximum atomic E-state index is 13.6. The normalized spacial score (nSPS) is 11.1. The zero-order valence-electron chi connectivity index (χ0n) is 16.8. The fourth-order valence-electron chi connectivity index (χ4n) is 2.69. The lowest BCUT2D eigenvalue weighted by atomic mass is 10.2. The number of benzene rings is 3. The number of anilines is 2. The van der Waals surface area contributed by atoms with E-state index in [4.69, 9.17) is 4.74 Å². The van der Waals surface area contributed by atoms with Crippen LogP contribution in [-0.4, -0.2) is 28.0 Å². The van der Waals surface area contributed by atoms with Crippen LogP contribution >= 0.6 is 0 Å². The van der Waals surface area contributed by atoms with Gasteiger partial charge >= 0.3 is 0 Å². The van der Waals surface area contributed by atoms with Crippen LogP contribution in [0.1, 0.15) is 5.56 Å². The summed E-state index contributed by atoms with van der Waals surface area (Å²) in [5.74, 6) is -1.95. The standard InChI is InChI=1S/C22H20F2N2O4S/c1-15-3-10-19(11-4-15)31(28,29)26(2)17-6-8-18(9-7-17)30-14-22(27)25-21-12-5-16(23)13-20(21)24/h3-13H,14H2,1-2H3,(H,25,27). The van der Waals surface area contributed by atoms with Gasteiger partial charge in [0.15, 0.2) is 6.61 Å². The van der Waals surface area contributed by atoms with Crippen molar-refractivity contribution in [1.82, 2.24) is 0 Å². The molecule has 162 valence electrons. The van der Waals surface area contributed by atoms with Crippen molar-refractivity contribution in [2.24, 2.45) is 0 Å². The zero-order valence-corrected chi connectivity index (χ0v) is 17.6. The van der Waals surface area contributed by atoms with Crippen LogP contribution in [0.4, 0.5) is 20.2 Å². The Bertz CT molecular complexity index is 1180. The van der Waals surface area contributed by atoms with E-state index in [9.17, 15) is 22.0 Å². The molecule has 0 saturated carbocycles. The minimum absolute atomic E-state index is 0.159. The minimum Gasteiger partial charge on any atom is -0.484 e. The van der Waals surface area contributed by atoms with Gasteiger partial charge in [0.25, 0.3) is 15.9 Å². The number of hydrogen-bond donors (Lipinski definition) is 1. The number of aryl methyl sites for hydroxylation is 1. The van der Waals surface area contributed by atoms with Gasteiger partial charge in [0.05, 0.1) is 16.3 Å². The molecule has 0 aliphatic carbocycles. The zero-order chi connectivity index (χ0) is 22.6. The van der Waals surface area contributed by atoms with Gasteiger partial charge in [-0.25, -0.2) is 17.2 Å². The second-order valence-electron chi connectivity index (χ2n) is 6.74. The number of halogens is 2. The molecule has 0 fully saturated rings. The first-order valence-electron chi connectivity index (χ1n) is 9.20. The quantitative estimate of drug-likeness (QED) is 0.593. The number of amides is 1. The summed E-state index contributed by atoms with van der Waals surface area (Å²) in [7, 11) is -2.28. The van der Waals surface area contributed by atoms with Crippen molar-refractivity contribution in [3.05, 3.63) is 83.9 Å². The molecule has 0 radical (unpaired) electrons. The van der Waals surface area contributed by atoms with Gasteiger partial charge in [-0.2, -0.15) is 0 Å². The van der Waals surface area contributed by atoms with Crippen LogP contribution in [0.3, 0.4) is 0 Å².